The molecule has 118 valence electrons. The number of hydrogen-bond donors (Lipinski definition) is 2. The molecule has 2 heterocycles. The number of aliphatic imine (C=N–C) groups is 1. The van der Waals surface area contributed by atoms with Gasteiger partial charge in [0.1, 0.15) is 5.76 Å². The van der Waals surface area contributed by atoms with Crippen LogP contribution in [0.3, 0.4) is 0 Å². The first-order valence-corrected chi connectivity index (χ1v) is 8.68. The summed E-state index contributed by atoms with van der Waals surface area (Å²) in [6.45, 7) is 2.13. The van der Waals surface area contributed by atoms with Gasteiger partial charge in [-0.2, -0.15) is 11.8 Å². The van der Waals surface area contributed by atoms with Crippen LogP contribution in [0.25, 0.3) is 0 Å². The number of furan rings is 1. The van der Waals surface area contributed by atoms with E-state index in [0.29, 0.717) is 19.2 Å². The van der Waals surface area contributed by atoms with E-state index < -0.39 is 0 Å². The zero-order valence-corrected chi connectivity index (χ0v) is 13.5. The predicted octanol–water partition coefficient (Wildman–Crippen LogP) is 1.90. The van der Waals surface area contributed by atoms with Gasteiger partial charge in [-0.25, -0.2) is 0 Å². The summed E-state index contributed by atoms with van der Waals surface area (Å²) < 4.78 is 10.4. The highest BCUT2D eigenvalue weighted by atomic mass is 32.2. The highest BCUT2D eigenvalue weighted by Crippen LogP contribution is 2.16. The third-order valence-electron chi connectivity index (χ3n) is 3.31. The molecule has 1 aliphatic heterocycles. The minimum atomic E-state index is 0.515. The molecule has 0 bridgehead atoms. The molecule has 0 amide bonds. The molecule has 2 rings (SSSR count). The Labute approximate surface area is 130 Å². The van der Waals surface area contributed by atoms with Crippen LogP contribution in [0.4, 0.5) is 0 Å². The van der Waals surface area contributed by atoms with Gasteiger partial charge < -0.3 is 19.8 Å². The Morgan fingerprint density at radius 1 is 1.57 bits per heavy atom. The highest BCUT2D eigenvalue weighted by molar-refractivity contribution is 7.99. The van der Waals surface area contributed by atoms with Gasteiger partial charge in [-0.1, -0.05) is 0 Å². The lowest BCUT2D eigenvalue weighted by Crippen LogP contribution is -2.46. The first kappa shape index (κ1) is 16.2. The van der Waals surface area contributed by atoms with E-state index in [1.807, 2.05) is 23.9 Å². The molecule has 21 heavy (non-hydrogen) atoms. The lowest BCUT2D eigenvalue weighted by Gasteiger charge is -2.24. The number of nitrogens with zero attached hydrogens (tertiary/aromatic N) is 1. The van der Waals surface area contributed by atoms with Crippen LogP contribution in [-0.2, 0) is 11.2 Å². The fourth-order valence-corrected chi connectivity index (χ4v) is 3.28. The molecule has 1 aliphatic rings. The Kier molecular flexibility index (Phi) is 7.53. The van der Waals surface area contributed by atoms with Crippen molar-refractivity contribution in [2.24, 2.45) is 4.99 Å². The maximum absolute atomic E-state index is 5.34. The van der Waals surface area contributed by atoms with Gasteiger partial charge in [-0.15, -0.1) is 0 Å². The fraction of sp³-hybridized carbons (Fsp3) is 0.667. The zero-order chi connectivity index (χ0) is 14.8. The molecule has 0 aliphatic carbocycles. The molecule has 0 radical (unpaired) electrons. The summed E-state index contributed by atoms with van der Waals surface area (Å²) >= 11 is 2.01. The van der Waals surface area contributed by atoms with Crippen LogP contribution >= 0.6 is 11.8 Å². The molecular formula is C15H25N3O2S. The van der Waals surface area contributed by atoms with Crippen LogP contribution in [0.2, 0.25) is 0 Å². The molecule has 1 aromatic rings. The van der Waals surface area contributed by atoms with E-state index >= 15 is 0 Å². The number of nitrogens with one attached hydrogen (secondary N) is 2. The van der Waals surface area contributed by atoms with E-state index in [4.69, 9.17) is 9.15 Å². The molecule has 1 atom stereocenters. The monoisotopic (exact) mass is 311 g/mol. The second-order valence-electron chi connectivity index (χ2n) is 5.04. The summed E-state index contributed by atoms with van der Waals surface area (Å²) in [5.41, 5.74) is 0. The topological polar surface area (TPSA) is 58.8 Å². The molecule has 0 spiro atoms. The Bertz CT molecular complexity index is 403. The van der Waals surface area contributed by atoms with E-state index in [-0.39, 0.29) is 0 Å². The first-order valence-electron chi connectivity index (χ1n) is 7.52. The van der Waals surface area contributed by atoms with E-state index in [1.165, 1.54) is 18.6 Å². The first-order chi connectivity index (χ1) is 10.4. The molecule has 1 unspecified atom stereocenters. The Balaban J connectivity index is 1.77. The average Bonchev–Trinajstić information content (AvgIpc) is 3.02. The van der Waals surface area contributed by atoms with E-state index in [9.17, 15) is 0 Å². The fourth-order valence-electron chi connectivity index (χ4n) is 2.21. The van der Waals surface area contributed by atoms with Gasteiger partial charge in [-0.05, 0) is 30.7 Å². The van der Waals surface area contributed by atoms with Crippen LogP contribution in [0, 0.1) is 0 Å². The summed E-state index contributed by atoms with van der Waals surface area (Å²) in [6, 6.07) is 4.43. The van der Waals surface area contributed by atoms with Crippen LogP contribution in [-0.4, -0.2) is 50.3 Å². The molecular weight excluding hydrogens is 286 g/mol. The van der Waals surface area contributed by atoms with Crippen LogP contribution in [0.15, 0.2) is 27.8 Å². The summed E-state index contributed by atoms with van der Waals surface area (Å²) in [5.74, 6) is 4.31. The van der Waals surface area contributed by atoms with Crippen molar-refractivity contribution in [3.05, 3.63) is 24.2 Å². The smallest absolute Gasteiger partial charge is 0.191 e. The van der Waals surface area contributed by atoms with Crippen molar-refractivity contribution in [3.63, 3.8) is 0 Å². The quantitative estimate of drug-likeness (QED) is 0.457. The summed E-state index contributed by atoms with van der Waals surface area (Å²) in [7, 11) is 1.70. The molecule has 0 saturated carbocycles. The van der Waals surface area contributed by atoms with Gasteiger partial charge >= 0.3 is 0 Å². The van der Waals surface area contributed by atoms with Gasteiger partial charge in [0.2, 0.25) is 0 Å². The molecule has 1 fully saturated rings. The van der Waals surface area contributed by atoms with Crippen molar-refractivity contribution in [2.45, 2.75) is 25.3 Å². The second kappa shape index (κ2) is 9.73. The minimum absolute atomic E-state index is 0.515. The zero-order valence-electron chi connectivity index (χ0n) is 12.6. The maximum atomic E-state index is 5.34. The SMILES string of the molecule is COCCN=C(NCCc1ccco1)NC1CCCSC1. The third-order valence-corrected chi connectivity index (χ3v) is 4.53. The molecule has 0 aromatic carbocycles. The lowest BCUT2D eigenvalue weighted by atomic mass is 10.2. The number of thioether (sulfide) groups is 1. The Hall–Kier alpha value is -1.14. The van der Waals surface area contributed by atoms with E-state index in [2.05, 4.69) is 15.6 Å². The highest BCUT2D eigenvalue weighted by Gasteiger charge is 2.14. The number of guanidine groups is 1. The van der Waals surface area contributed by atoms with Crippen LogP contribution in [0.5, 0.6) is 0 Å². The predicted molar refractivity (Wildman–Crippen MR) is 88.1 cm³/mol. The molecule has 2 N–H and O–H groups in total. The third kappa shape index (κ3) is 6.44. The van der Waals surface area contributed by atoms with Crippen molar-refractivity contribution < 1.29 is 9.15 Å². The van der Waals surface area contributed by atoms with Crippen molar-refractivity contribution in [2.75, 3.05) is 38.3 Å². The van der Waals surface area contributed by atoms with Gasteiger partial charge in [-0.3, -0.25) is 4.99 Å². The Morgan fingerprint density at radius 3 is 3.24 bits per heavy atom. The standard InChI is InChI=1S/C15H25N3O2S/c1-19-10-8-17-15(18-13-4-3-11-21-12-13)16-7-6-14-5-2-9-20-14/h2,5,9,13H,3-4,6-8,10-12H2,1H3,(H2,16,17,18). The number of ether oxygens (including phenoxy) is 1. The number of hydrogen-bond acceptors (Lipinski definition) is 4. The summed E-state index contributed by atoms with van der Waals surface area (Å²) in [5, 5.41) is 6.91. The van der Waals surface area contributed by atoms with Gasteiger partial charge in [0, 0.05) is 31.9 Å². The van der Waals surface area contributed by atoms with Crippen molar-refractivity contribution in [1.29, 1.82) is 0 Å². The minimum Gasteiger partial charge on any atom is -0.469 e. The number of rotatable bonds is 7. The molecule has 5 nitrogen and oxygen atoms in total. The summed E-state index contributed by atoms with van der Waals surface area (Å²) in [6.07, 6.45) is 5.06. The molecule has 6 heteroatoms. The van der Waals surface area contributed by atoms with Crippen LogP contribution in [0.1, 0.15) is 18.6 Å². The second-order valence-corrected chi connectivity index (χ2v) is 6.19. The molecule has 1 aromatic heterocycles. The average molecular weight is 311 g/mol. The Morgan fingerprint density at radius 2 is 2.52 bits per heavy atom. The van der Waals surface area contributed by atoms with Crippen molar-refractivity contribution in [1.82, 2.24) is 10.6 Å². The maximum Gasteiger partial charge on any atom is 0.191 e. The van der Waals surface area contributed by atoms with Gasteiger partial charge in [0.25, 0.3) is 0 Å². The number of methoxy groups -OCH3 is 1. The van der Waals surface area contributed by atoms with E-state index in [0.717, 1.165) is 30.4 Å². The van der Waals surface area contributed by atoms with Crippen molar-refractivity contribution >= 4 is 17.7 Å². The summed E-state index contributed by atoms with van der Waals surface area (Å²) in [4.78, 5) is 4.56. The van der Waals surface area contributed by atoms with Gasteiger partial charge in [0.05, 0.1) is 19.4 Å². The molecule has 1 saturated heterocycles. The lowest BCUT2D eigenvalue weighted by molar-refractivity contribution is 0.208. The van der Waals surface area contributed by atoms with Crippen LogP contribution < -0.4 is 10.6 Å². The van der Waals surface area contributed by atoms with Crippen molar-refractivity contribution in [3.8, 4) is 0 Å². The van der Waals surface area contributed by atoms with E-state index in [1.54, 1.807) is 13.4 Å². The largest absolute Gasteiger partial charge is 0.469 e. The normalized spacial score (nSPS) is 19.5. The van der Waals surface area contributed by atoms with Gasteiger partial charge in [0.15, 0.2) is 5.96 Å².